The molecule has 0 fully saturated rings. The number of nitriles is 1. The van der Waals surface area contributed by atoms with Crippen LogP contribution in [0.2, 0.25) is 0 Å². The molecule has 6 heteroatoms. The first-order valence-electron chi connectivity index (χ1n) is 7.45. The van der Waals surface area contributed by atoms with E-state index in [1.54, 1.807) is 35.2 Å². The number of hydrogen-bond acceptors (Lipinski definition) is 3. The molecular weight excluding hydrogens is 329 g/mol. The molecule has 0 radical (unpaired) electrons. The van der Waals surface area contributed by atoms with Gasteiger partial charge in [-0.3, -0.25) is 0 Å². The highest BCUT2D eigenvalue weighted by atomic mass is 19.4. The summed E-state index contributed by atoms with van der Waals surface area (Å²) in [5.41, 5.74) is -0.527. The molecule has 3 nitrogen and oxygen atoms in total. The third kappa shape index (κ3) is 3.83. The van der Waals surface area contributed by atoms with E-state index in [9.17, 15) is 13.2 Å². The summed E-state index contributed by atoms with van der Waals surface area (Å²) < 4.78 is 44.3. The molecule has 1 aliphatic rings. The van der Waals surface area contributed by atoms with Gasteiger partial charge in [-0.15, -0.1) is 0 Å². The van der Waals surface area contributed by atoms with Gasteiger partial charge in [0.25, 0.3) is 0 Å². The Labute approximate surface area is 142 Å². The number of ether oxygens (including phenoxy) is 1. The van der Waals surface area contributed by atoms with E-state index < -0.39 is 11.7 Å². The average Bonchev–Trinajstić information content (AvgIpc) is 2.62. The SMILES string of the molecule is N#CC1=C(C(F)(F)F)C=CN(c2ccc(Oc3ccccc3)cc2)C1. The van der Waals surface area contributed by atoms with Crippen LogP contribution in [0.4, 0.5) is 18.9 Å². The van der Waals surface area contributed by atoms with Gasteiger partial charge >= 0.3 is 6.18 Å². The van der Waals surface area contributed by atoms with Gasteiger partial charge in [-0.2, -0.15) is 18.4 Å². The average molecular weight is 342 g/mol. The molecule has 0 bridgehead atoms. The highest BCUT2D eigenvalue weighted by Crippen LogP contribution is 2.33. The maximum Gasteiger partial charge on any atom is 0.417 e. The van der Waals surface area contributed by atoms with Gasteiger partial charge < -0.3 is 9.64 Å². The summed E-state index contributed by atoms with van der Waals surface area (Å²) in [6.07, 6.45) is -2.27. The molecule has 0 amide bonds. The third-order valence-electron chi connectivity index (χ3n) is 3.66. The van der Waals surface area contributed by atoms with Crippen LogP contribution >= 0.6 is 0 Å². The van der Waals surface area contributed by atoms with Crippen LogP contribution in [0.25, 0.3) is 0 Å². The lowest BCUT2D eigenvalue weighted by atomic mass is 10.0. The summed E-state index contributed by atoms with van der Waals surface area (Å²) in [5, 5.41) is 9.01. The van der Waals surface area contributed by atoms with Crippen LogP contribution in [0.1, 0.15) is 0 Å². The molecular formula is C19H13F3N2O. The molecule has 2 aromatic carbocycles. The maximum atomic E-state index is 12.9. The maximum absolute atomic E-state index is 12.9. The Kier molecular flexibility index (Phi) is 4.48. The van der Waals surface area contributed by atoms with Crippen molar-refractivity contribution in [1.29, 1.82) is 5.26 Å². The highest BCUT2D eigenvalue weighted by molar-refractivity contribution is 5.58. The third-order valence-corrected chi connectivity index (χ3v) is 3.66. The van der Waals surface area contributed by atoms with Crippen molar-refractivity contribution in [2.75, 3.05) is 11.4 Å². The molecule has 0 unspecified atom stereocenters. The van der Waals surface area contributed by atoms with Crippen LogP contribution in [0.5, 0.6) is 11.5 Å². The fraction of sp³-hybridized carbons (Fsp3) is 0.105. The molecule has 2 aromatic rings. The van der Waals surface area contributed by atoms with Gasteiger partial charge in [-0.25, -0.2) is 0 Å². The van der Waals surface area contributed by atoms with Gasteiger partial charge in [0.2, 0.25) is 0 Å². The second-order valence-corrected chi connectivity index (χ2v) is 5.35. The Hall–Kier alpha value is -3.20. The standard InChI is InChI=1S/C19H13F3N2O/c20-19(21,22)18-10-11-24(13-14(18)12-23)15-6-8-17(9-7-15)25-16-4-2-1-3-5-16/h1-11H,13H2. The van der Waals surface area contributed by atoms with Gasteiger partial charge in [0.05, 0.1) is 23.8 Å². The molecule has 1 aliphatic heterocycles. The number of anilines is 1. The number of allylic oxidation sites excluding steroid dienone is 2. The summed E-state index contributed by atoms with van der Waals surface area (Å²) in [4.78, 5) is 1.58. The Morgan fingerprint density at radius 3 is 2.20 bits per heavy atom. The minimum atomic E-state index is -4.53. The van der Waals surface area contributed by atoms with Crippen molar-refractivity contribution in [2.45, 2.75) is 6.18 Å². The Morgan fingerprint density at radius 2 is 1.60 bits per heavy atom. The summed E-state index contributed by atoms with van der Waals surface area (Å²) >= 11 is 0. The number of alkyl halides is 3. The molecule has 0 aliphatic carbocycles. The minimum absolute atomic E-state index is 0.124. The van der Waals surface area contributed by atoms with E-state index in [0.717, 1.165) is 6.08 Å². The van der Waals surface area contributed by atoms with E-state index in [1.165, 1.54) is 6.20 Å². The van der Waals surface area contributed by atoms with Crippen molar-refractivity contribution in [3.63, 3.8) is 0 Å². The van der Waals surface area contributed by atoms with Crippen molar-refractivity contribution in [2.24, 2.45) is 0 Å². The van der Waals surface area contributed by atoms with Crippen molar-refractivity contribution < 1.29 is 17.9 Å². The van der Waals surface area contributed by atoms with E-state index >= 15 is 0 Å². The number of nitrogens with zero attached hydrogens (tertiary/aromatic N) is 2. The fourth-order valence-corrected chi connectivity index (χ4v) is 2.44. The van der Waals surface area contributed by atoms with Crippen LogP contribution in [0.3, 0.4) is 0 Å². The van der Waals surface area contributed by atoms with Crippen LogP contribution in [-0.2, 0) is 0 Å². The van der Waals surface area contributed by atoms with E-state index in [0.29, 0.717) is 17.2 Å². The molecule has 0 spiro atoms. The van der Waals surface area contributed by atoms with E-state index in [4.69, 9.17) is 10.00 Å². The van der Waals surface area contributed by atoms with E-state index in [1.807, 2.05) is 30.3 Å². The Bertz CT molecular complexity index is 847. The first-order chi connectivity index (χ1) is 12.0. The molecule has 0 atom stereocenters. The summed E-state index contributed by atoms with van der Waals surface area (Å²) in [5.74, 6) is 1.31. The molecule has 0 N–H and O–H groups in total. The predicted octanol–water partition coefficient (Wildman–Crippen LogP) is 5.20. The predicted molar refractivity (Wildman–Crippen MR) is 88.1 cm³/mol. The number of para-hydroxylation sites is 1. The first-order valence-corrected chi connectivity index (χ1v) is 7.45. The highest BCUT2D eigenvalue weighted by Gasteiger charge is 2.36. The van der Waals surface area contributed by atoms with Gasteiger partial charge in [0.1, 0.15) is 11.5 Å². The monoisotopic (exact) mass is 342 g/mol. The zero-order valence-electron chi connectivity index (χ0n) is 13.0. The lowest BCUT2D eigenvalue weighted by Crippen LogP contribution is -2.26. The van der Waals surface area contributed by atoms with E-state index in [2.05, 4.69) is 0 Å². The molecule has 25 heavy (non-hydrogen) atoms. The minimum Gasteiger partial charge on any atom is -0.457 e. The van der Waals surface area contributed by atoms with E-state index in [-0.39, 0.29) is 12.1 Å². The lowest BCUT2D eigenvalue weighted by molar-refractivity contribution is -0.0889. The van der Waals surface area contributed by atoms with Crippen molar-refractivity contribution >= 4 is 5.69 Å². The Morgan fingerprint density at radius 1 is 0.960 bits per heavy atom. The van der Waals surface area contributed by atoms with Crippen molar-refractivity contribution in [3.05, 3.63) is 78.0 Å². The quantitative estimate of drug-likeness (QED) is 0.770. The first kappa shape index (κ1) is 16.7. The van der Waals surface area contributed by atoms with Crippen LogP contribution < -0.4 is 9.64 Å². The molecule has 1 heterocycles. The smallest absolute Gasteiger partial charge is 0.417 e. The van der Waals surface area contributed by atoms with Gasteiger partial charge in [0, 0.05) is 11.9 Å². The second-order valence-electron chi connectivity index (χ2n) is 5.35. The number of rotatable bonds is 3. The Balaban J connectivity index is 1.75. The van der Waals surface area contributed by atoms with Crippen LogP contribution in [-0.4, -0.2) is 12.7 Å². The largest absolute Gasteiger partial charge is 0.457 e. The van der Waals surface area contributed by atoms with Gasteiger partial charge in [-0.1, -0.05) is 18.2 Å². The second kappa shape index (κ2) is 6.73. The lowest BCUT2D eigenvalue weighted by Gasteiger charge is -2.25. The summed E-state index contributed by atoms with van der Waals surface area (Å²) in [7, 11) is 0. The fourth-order valence-electron chi connectivity index (χ4n) is 2.44. The number of hydrogen-bond donors (Lipinski definition) is 0. The number of benzene rings is 2. The van der Waals surface area contributed by atoms with Crippen LogP contribution in [0.15, 0.2) is 78.0 Å². The van der Waals surface area contributed by atoms with Crippen molar-refractivity contribution in [3.8, 4) is 17.6 Å². The topological polar surface area (TPSA) is 36.3 Å². The molecule has 126 valence electrons. The molecule has 3 rings (SSSR count). The van der Waals surface area contributed by atoms with Gasteiger partial charge in [-0.05, 0) is 42.5 Å². The van der Waals surface area contributed by atoms with Crippen LogP contribution in [0, 0.1) is 11.3 Å². The van der Waals surface area contributed by atoms with Gasteiger partial charge in [0.15, 0.2) is 0 Å². The number of halogens is 3. The summed E-state index contributed by atoms with van der Waals surface area (Å²) in [6.45, 7) is -0.124. The summed E-state index contributed by atoms with van der Waals surface area (Å²) in [6, 6.07) is 17.8. The zero-order valence-corrected chi connectivity index (χ0v) is 13.0. The normalized spacial score (nSPS) is 14.4. The molecule has 0 aromatic heterocycles. The molecule has 0 saturated heterocycles. The molecule has 0 saturated carbocycles. The zero-order chi connectivity index (χ0) is 17.9. The van der Waals surface area contributed by atoms with Crippen molar-refractivity contribution in [1.82, 2.24) is 0 Å².